The Balaban J connectivity index is 2.18. The lowest BCUT2D eigenvalue weighted by atomic mass is 10.2. The monoisotopic (exact) mass is 253 g/mol. The fourth-order valence-corrected chi connectivity index (χ4v) is 1.94. The van der Waals surface area contributed by atoms with Crippen LogP contribution in [0.5, 0.6) is 0 Å². The van der Waals surface area contributed by atoms with Crippen LogP contribution in [0.25, 0.3) is 6.08 Å². The van der Waals surface area contributed by atoms with Gasteiger partial charge in [-0.3, -0.25) is 0 Å². The Bertz CT molecular complexity index is 371. The van der Waals surface area contributed by atoms with Crippen molar-refractivity contribution in [2.24, 2.45) is 0 Å². The zero-order valence-electron chi connectivity index (χ0n) is 10.4. The van der Waals surface area contributed by atoms with E-state index in [4.69, 9.17) is 4.74 Å². The molecule has 1 aromatic heterocycles. The number of aryl methyl sites for hydroxylation is 1. The highest BCUT2D eigenvalue weighted by Gasteiger charge is 1.98. The number of thiazole rings is 1. The van der Waals surface area contributed by atoms with E-state index < -0.39 is 0 Å². The molecule has 1 aromatic rings. The van der Waals surface area contributed by atoms with Crippen molar-refractivity contribution in [2.75, 3.05) is 6.61 Å². The Morgan fingerprint density at radius 3 is 2.94 bits per heavy atom. The molecule has 1 heterocycles. The third-order valence-electron chi connectivity index (χ3n) is 2.27. The number of esters is 1. The lowest BCUT2D eigenvalue weighted by molar-refractivity contribution is -0.137. The Labute approximate surface area is 107 Å². The summed E-state index contributed by atoms with van der Waals surface area (Å²) < 4.78 is 5.07. The number of carbonyl (C=O) groups excluding carboxylic acids is 1. The van der Waals surface area contributed by atoms with Gasteiger partial charge in [0.25, 0.3) is 0 Å². The number of rotatable bonds is 7. The molecule has 0 bridgehead atoms. The molecule has 0 saturated carbocycles. The van der Waals surface area contributed by atoms with Crippen LogP contribution in [-0.4, -0.2) is 17.6 Å². The largest absolute Gasteiger partial charge is 0.463 e. The Morgan fingerprint density at radius 2 is 2.29 bits per heavy atom. The standard InChI is InChI=1S/C13H19NO2S/c1-3-4-5-6-9-16-13(15)8-7-12-10-17-11(2)14-12/h7-8,10H,3-6,9H2,1-2H3. The zero-order chi connectivity index (χ0) is 12.5. The summed E-state index contributed by atoms with van der Waals surface area (Å²) >= 11 is 1.57. The van der Waals surface area contributed by atoms with Crippen LogP contribution < -0.4 is 0 Å². The topological polar surface area (TPSA) is 39.2 Å². The molecule has 0 N–H and O–H groups in total. The summed E-state index contributed by atoms with van der Waals surface area (Å²) in [4.78, 5) is 15.5. The van der Waals surface area contributed by atoms with Crippen molar-refractivity contribution in [1.29, 1.82) is 0 Å². The van der Waals surface area contributed by atoms with Gasteiger partial charge in [0.2, 0.25) is 0 Å². The molecule has 0 radical (unpaired) electrons. The Kier molecular flexibility index (Phi) is 6.55. The normalized spacial score (nSPS) is 10.9. The predicted molar refractivity (Wildman–Crippen MR) is 71.0 cm³/mol. The molecule has 3 nitrogen and oxygen atoms in total. The van der Waals surface area contributed by atoms with Gasteiger partial charge in [0.05, 0.1) is 17.3 Å². The van der Waals surface area contributed by atoms with Gasteiger partial charge in [-0.2, -0.15) is 0 Å². The number of unbranched alkanes of at least 4 members (excludes halogenated alkanes) is 3. The van der Waals surface area contributed by atoms with Gasteiger partial charge in [-0.05, 0) is 19.4 Å². The molecule has 0 fully saturated rings. The molecule has 0 aliphatic carbocycles. The van der Waals surface area contributed by atoms with Gasteiger partial charge in [-0.15, -0.1) is 11.3 Å². The summed E-state index contributed by atoms with van der Waals surface area (Å²) in [5.41, 5.74) is 0.815. The van der Waals surface area contributed by atoms with E-state index in [1.54, 1.807) is 17.4 Å². The maximum Gasteiger partial charge on any atom is 0.330 e. The van der Waals surface area contributed by atoms with Crippen LogP contribution in [0.15, 0.2) is 11.5 Å². The third kappa shape index (κ3) is 6.22. The van der Waals surface area contributed by atoms with Crippen LogP contribution in [0.4, 0.5) is 0 Å². The second-order valence-electron chi connectivity index (χ2n) is 3.85. The number of aromatic nitrogens is 1. The van der Waals surface area contributed by atoms with Gasteiger partial charge in [0.1, 0.15) is 0 Å². The minimum absolute atomic E-state index is 0.285. The molecular formula is C13H19NO2S. The zero-order valence-corrected chi connectivity index (χ0v) is 11.3. The molecule has 0 amide bonds. The van der Waals surface area contributed by atoms with Crippen LogP contribution in [0.1, 0.15) is 43.3 Å². The Morgan fingerprint density at radius 1 is 1.47 bits per heavy atom. The SMILES string of the molecule is CCCCCCOC(=O)C=Cc1csc(C)n1. The van der Waals surface area contributed by atoms with Crippen molar-refractivity contribution in [3.05, 3.63) is 22.2 Å². The van der Waals surface area contributed by atoms with E-state index in [9.17, 15) is 4.79 Å². The highest BCUT2D eigenvalue weighted by molar-refractivity contribution is 7.09. The van der Waals surface area contributed by atoms with E-state index in [-0.39, 0.29) is 5.97 Å². The van der Waals surface area contributed by atoms with E-state index in [1.165, 1.54) is 18.9 Å². The third-order valence-corrected chi connectivity index (χ3v) is 3.06. The first-order valence-electron chi connectivity index (χ1n) is 5.99. The van der Waals surface area contributed by atoms with Crippen molar-refractivity contribution >= 4 is 23.4 Å². The highest BCUT2D eigenvalue weighted by atomic mass is 32.1. The van der Waals surface area contributed by atoms with E-state index in [2.05, 4.69) is 11.9 Å². The second kappa shape index (κ2) is 8.01. The molecule has 0 aromatic carbocycles. The number of carbonyl (C=O) groups is 1. The minimum atomic E-state index is -0.285. The molecule has 1 rings (SSSR count). The number of ether oxygens (including phenoxy) is 1. The fraction of sp³-hybridized carbons (Fsp3) is 0.538. The minimum Gasteiger partial charge on any atom is -0.463 e. The smallest absolute Gasteiger partial charge is 0.330 e. The molecular weight excluding hydrogens is 234 g/mol. The van der Waals surface area contributed by atoms with E-state index in [0.29, 0.717) is 6.61 Å². The first-order chi connectivity index (χ1) is 8.22. The maximum absolute atomic E-state index is 11.3. The van der Waals surface area contributed by atoms with Gasteiger partial charge in [0, 0.05) is 11.5 Å². The van der Waals surface area contributed by atoms with Gasteiger partial charge >= 0.3 is 5.97 Å². The van der Waals surface area contributed by atoms with Gasteiger partial charge in [-0.25, -0.2) is 9.78 Å². The molecule has 0 saturated heterocycles. The van der Waals surface area contributed by atoms with Gasteiger partial charge < -0.3 is 4.74 Å². The summed E-state index contributed by atoms with van der Waals surface area (Å²) in [5, 5.41) is 2.91. The molecule has 0 aliphatic heterocycles. The summed E-state index contributed by atoms with van der Waals surface area (Å²) in [7, 11) is 0. The van der Waals surface area contributed by atoms with Crippen LogP contribution in [0, 0.1) is 6.92 Å². The van der Waals surface area contributed by atoms with Crippen LogP contribution in [0.2, 0.25) is 0 Å². The molecule has 0 aliphatic rings. The lowest BCUT2D eigenvalue weighted by Crippen LogP contribution is -2.02. The van der Waals surface area contributed by atoms with Gasteiger partial charge in [0.15, 0.2) is 0 Å². The highest BCUT2D eigenvalue weighted by Crippen LogP contribution is 2.09. The van der Waals surface area contributed by atoms with Crippen LogP contribution in [0.3, 0.4) is 0 Å². The maximum atomic E-state index is 11.3. The van der Waals surface area contributed by atoms with Crippen molar-refractivity contribution in [1.82, 2.24) is 4.98 Å². The lowest BCUT2D eigenvalue weighted by Gasteiger charge is -2.00. The Hall–Kier alpha value is -1.16. The number of nitrogens with zero attached hydrogens (tertiary/aromatic N) is 1. The van der Waals surface area contributed by atoms with Crippen molar-refractivity contribution in [3.8, 4) is 0 Å². The average molecular weight is 253 g/mol. The van der Waals surface area contributed by atoms with E-state index in [0.717, 1.165) is 23.5 Å². The molecule has 4 heteroatoms. The molecule has 0 spiro atoms. The summed E-state index contributed by atoms with van der Waals surface area (Å²) in [5.74, 6) is -0.285. The molecule has 0 atom stereocenters. The van der Waals surface area contributed by atoms with Crippen molar-refractivity contribution in [2.45, 2.75) is 39.5 Å². The fourth-order valence-electron chi connectivity index (χ4n) is 1.36. The number of hydrogen-bond donors (Lipinski definition) is 0. The van der Waals surface area contributed by atoms with Gasteiger partial charge in [-0.1, -0.05) is 26.2 Å². The summed E-state index contributed by atoms with van der Waals surface area (Å²) in [6.07, 6.45) is 7.59. The average Bonchev–Trinajstić information content (AvgIpc) is 2.72. The van der Waals surface area contributed by atoms with E-state index in [1.807, 2.05) is 12.3 Å². The van der Waals surface area contributed by atoms with Crippen LogP contribution >= 0.6 is 11.3 Å². The quantitative estimate of drug-likeness (QED) is 0.423. The molecule has 94 valence electrons. The first-order valence-corrected chi connectivity index (χ1v) is 6.87. The second-order valence-corrected chi connectivity index (χ2v) is 4.92. The van der Waals surface area contributed by atoms with Crippen molar-refractivity contribution < 1.29 is 9.53 Å². The summed E-state index contributed by atoms with van der Waals surface area (Å²) in [6, 6.07) is 0. The number of hydrogen-bond acceptors (Lipinski definition) is 4. The predicted octanol–water partition coefficient (Wildman–Crippen LogP) is 3.59. The summed E-state index contributed by atoms with van der Waals surface area (Å²) in [6.45, 7) is 4.61. The van der Waals surface area contributed by atoms with Crippen molar-refractivity contribution in [3.63, 3.8) is 0 Å². The molecule has 0 unspecified atom stereocenters. The van der Waals surface area contributed by atoms with Crippen LogP contribution in [-0.2, 0) is 9.53 Å². The molecule has 17 heavy (non-hydrogen) atoms. The first kappa shape index (κ1) is 13.9. The van der Waals surface area contributed by atoms with E-state index >= 15 is 0 Å².